The molecule has 1 fully saturated rings. The first-order chi connectivity index (χ1) is 18.6. The van der Waals surface area contributed by atoms with Crippen LogP contribution in [0.5, 0.6) is 17.2 Å². The lowest BCUT2D eigenvalue weighted by molar-refractivity contribution is 0.198. The van der Waals surface area contributed by atoms with Crippen LogP contribution in [0.3, 0.4) is 0 Å². The maximum absolute atomic E-state index is 12.5. The van der Waals surface area contributed by atoms with E-state index in [-0.39, 0.29) is 23.6 Å². The van der Waals surface area contributed by atoms with Gasteiger partial charge in [-0.05, 0) is 76.9 Å². The van der Waals surface area contributed by atoms with E-state index in [1.165, 1.54) is 0 Å². The number of hydrogen-bond acceptors (Lipinski definition) is 4. The molecule has 0 spiro atoms. The van der Waals surface area contributed by atoms with Gasteiger partial charge in [-0.1, -0.05) is 29.8 Å². The van der Waals surface area contributed by atoms with E-state index in [0.717, 1.165) is 70.5 Å². The van der Waals surface area contributed by atoms with Crippen LogP contribution in [0, 0.1) is 0 Å². The summed E-state index contributed by atoms with van der Waals surface area (Å²) in [5.74, 6) is 1.43. The van der Waals surface area contributed by atoms with Crippen LogP contribution in [0.15, 0.2) is 66.9 Å². The number of nitrogens with one attached hydrogen (secondary N) is 1. The highest BCUT2D eigenvalue weighted by Crippen LogP contribution is 2.44. The van der Waals surface area contributed by atoms with Gasteiger partial charge in [0.1, 0.15) is 23.4 Å². The molecule has 6 rings (SSSR count). The number of H-pyrrole nitrogens is 1. The van der Waals surface area contributed by atoms with Gasteiger partial charge in [0.25, 0.3) is 0 Å². The number of benzene rings is 3. The average Bonchev–Trinajstić information content (AvgIpc) is 3.54. The molecule has 2 aliphatic heterocycles. The topological polar surface area (TPSA) is 57.7 Å². The highest BCUT2D eigenvalue weighted by molar-refractivity contribution is 6.32. The SMILES string of the molecule is Oc1cc2c(cc1Cl)C(c1ccc(O[C@H]3CCN(CCCF)C3)cc1)=C(c1ccc3[nH]ccc3c1)CCO2. The molecule has 0 amide bonds. The molecule has 1 atom stereocenters. The van der Waals surface area contributed by atoms with E-state index in [9.17, 15) is 9.50 Å². The predicted molar refractivity (Wildman–Crippen MR) is 150 cm³/mol. The van der Waals surface area contributed by atoms with Crippen LogP contribution in [-0.4, -0.2) is 54.0 Å². The fourth-order valence-electron chi connectivity index (χ4n) is 5.54. The molecule has 1 saturated heterocycles. The highest BCUT2D eigenvalue weighted by atomic mass is 35.5. The summed E-state index contributed by atoms with van der Waals surface area (Å²) in [7, 11) is 0. The normalized spacial score (nSPS) is 17.9. The van der Waals surface area contributed by atoms with Gasteiger partial charge in [0.2, 0.25) is 0 Å². The molecule has 0 unspecified atom stereocenters. The molecule has 0 bridgehead atoms. The first-order valence-corrected chi connectivity index (χ1v) is 13.5. The van der Waals surface area contributed by atoms with Gasteiger partial charge >= 0.3 is 0 Å². The van der Waals surface area contributed by atoms with Crippen molar-refractivity contribution < 1.29 is 19.0 Å². The lowest BCUT2D eigenvalue weighted by Crippen LogP contribution is -2.26. The number of aromatic nitrogens is 1. The lowest BCUT2D eigenvalue weighted by Gasteiger charge is -2.18. The quantitative estimate of drug-likeness (QED) is 0.267. The Balaban J connectivity index is 1.37. The molecule has 1 aromatic heterocycles. The minimum absolute atomic E-state index is 0.00262. The van der Waals surface area contributed by atoms with Gasteiger partial charge in [0, 0.05) is 49.4 Å². The third-order valence-electron chi connectivity index (χ3n) is 7.41. The average molecular weight is 533 g/mol. The second-order valence-electron chi connectivity index (χ2n) is 9.93. The molecule has 3 aromatic carbocycles. The number of hydrogen-bond donors (Lipinski definition) is 2. The summed E-state index contributed by atoms with van der Waals surface area (Å²) in [6.45, 7) is 2.75. The Labute approximate surface area is 226 Å². The number of halogens is 2. The Kier molecular flexibility index (Phi) is 7.00. The van der Waals surface area contributed by atoms with Gasteiger partial charge < -0.3 is 19.6 Å². The first kappa shape index (κ1) is 24.8. The summed E-state index contributed by atoms with van der Waals surface area (Å²) < 4.78 is 24.9. The molecule has 0 saturated carbocycles. The van der Waals surface area contributed by atoms with E-state index in [0.29, 0.717) is 25.2 Å². The van der Waals surface area contributed by atoms with Crippen molar-refractivity contribution in [3.8, 4) is 17.2 Å². The van der Waals surface area contributed by atoms with Crippen molar-refractivity contribution >= 4 is 33.7 Å². The van der Waals surface area contributed by atoms with Crippen LogP contribution in [-0.2, 0) is 0 Å². The molecule has 5 nitrogen and oxygen atoms in total. The molecule has 2 N–H and O–H groups in total. The van der Waals surface area contributed by atoms with Gasteiger partial charge in [-0.3, -0.25) is 9.29 Å². The Morgan fingerprint density at radius 1 is 1.08 bits per heavy atom. The minimum atomic E-state index is -0.278. The predicted octanol–water partition coefficient (Wildman–Crippen LogP) is 7.08. The van der Waals surface area contributed by atoms with E-state index >= 15 is 0 Å². The maximum Gasteiger partial charge on any atom is 0.137 e. The number of likely N-dealkylation sites (tertiary alicyclic amines) is 1. The van der Waals surface area contributed by atoms with Crippen molar-refractivity contribution in [1.29, 1.82) is 0 Å². The second-order valence-corrected chi connectivity index (χ2v) is 10.3. The molecule has 0 aliphatic carbocycles. The van der Waals surface area contributed by atoms with Crippen molar-refractivity contribution in [1.82, 2.24) is 9.88 Å². The maximum atomic E-state index is 12.5. The molecule has 3 heterocycles. The standard InChI is InChI=1S/C31H30ClFN2O3/c32-27-17-26-30(18-29(27)36)37-15-10-25(21-4-7-28-22(16-21)8-12-34-28)31(26)20-2-5-23(6-3-20)38-24-9-14-35(19-24)13-1-11-33/h2-8,12,16-18,24,34,36H,1,9-11,13-15,19H2/t24-/m0/s1. The molecule has 2 aliphatic rings. The molecule has 7 heteroatoms. The van der Waals surface area contributed by atoms with E-state index in [1.807, 2.05) is 18.3 Å². The van der Waals surface area contributed by atoms with Crippen LogP contribution in [0.25, 0.3) is 22.0 Å². The van der Waals surface area contributed by atoms with E-state index in [2.05, 4.69) is 46.3 Å². The summed E-state index contributed by atoms with van der Waals surface area (Å²) in [6, 6.07) is 20.0. The van der Waals surface area contributed by atoms with Crippen LogP contribution in [0.4, 0.5) is 4.39 Å². The van der Waals surface area contributed by atoms with Gasteiger partial charge in [0.15, 0.2) is 0 Å². The van der Waals surface area contributed by atoms with E-state index in [1.54, 1.807) is 12.1 Å². The fraction of sp³-hybridized carbons (Fsp3) is 0.290. The first-order valence-electron chi connectivity index (χ1n) is 13.1. The van der Waals surface area contributed by atoms with Crippen LogP contribution < -0.4 is 9.47 Å². The van der Waals surface area contributed by atoms with Crippen molar-refractivity contribution in [2.24, 2.45) is 0 Å². The van der Waals surface area contributed by atoms with E-state index in [4.69, 9.17) is 21.1 Å². The summed E-state index contributed by atoms with van der Waals surface area (Å²) in [4.78, 5) is 5.53. The van der Waals surface area contributed by atoms with Crippen molar-refractivity contribution in [3.63, 3.8) is 0 Å². The largest absolute Gasteiger partial charge is 0.506 e. The van der Waals surface area contributed by atoms with Gasteiger partial charge in [0.05, 0.1) is 18.3 Å². The Bertz CT molecular complexity index is 1480. The zero-order chi connectivity index (χ0) is 26.1. The lowest BCUT2D eigenvalue weighted by atomic mass is 9.88. The molecule has 196 valence electrons. The zero-order valence-corrected chi connectivity index (χ0v) is 21.8. The number of phenolic OH excluding ortho intramolecular Hbond substituents is 1. The van der Waals surface area contributed by atoms with Gasteiger partial charge in [-0.15, -0.1) is 0 Å². The molecule has 0 radical (unpaired) electrons. The number of aromatic amines is 1. The molecule has 38 heavy (non-hydrogen) atoms. The minimum Gasteiger partial charge on any atom is -0.506 e. The number of alkyl halides is 1. The molecule has 4 aromatic rings. The Morgan fingerprint density at radius 2 is 1.92 bits per heavy atom. The van der Waals surface area contributed by atoms with E-state index < -0.39 is 0 Å². The van der Waals surface area contributed by atoms with Crippen LogP contribution in [0.2, 0.25) is 5.02 Å². The van der Waals surface area contributed by atoms with Crippen LogP contribution >= 0.6 is 11.6 Å². The number of rotatable bonds is 7. The summed E-state index contributed by atoms with van der Waals surface area (Å²) in [6.07, 6.45) is 4.27. The number of nitrogens with zero attached hydrogens (tertiary/aromatic N) is 1. The van der Waals surface area contributed by atoms with Crippen LogP contribution in [0.1, 0.15) is 36.0 Å². The Morgan fingerprint density at radius 3 is 2.76 bits per heavy atom. The van der Waals surface area contributed by atoms with Crippen molar-refractivity contribution in [2.45, 2.75) is 25.4 Å². The molecular formula is C31H30ClFN2O3. The summed E-state index contributed by atoms with van der Waals surface area (Å²) in [5, 5.41) is 11.7. The third kappa shape index (κ3) is 4.98. The van der Waals surface area contributed by atoms with Crippen molar-refractivity contribution in [3.05, 3.63) is 88.6 Å². The fourth-order valence-corrected chi connectivity index (χ4v) is 5.70. The Hall–Kier alpha value is -3.48. The van der Waals surface area contributed by atoms with Crippen molar-refractivity contribution in [2.75, 3.05) is 32.9 Å². The second kappa shape index (κ2) is 10.7. The van der Waals surface area contributed by atoms with Gasteiger partial charge in [-0.25, -0.2) is 0 Å². The third-order valence-corrected chi connectivity index (χ3v) is 7.72. The highest BCUT2D eigenvalue weighted by Gasteiger charge is 2.25. The summed E-state index contributed by atoms with van der Waals surface area (Å²) in [5.41, 5.74) is 6.26. The van der Waals surface area contributed by atoms with Gasteiger partial charge in [-0.2, -0.15) is 0 Å². The zero-order valence-electron chi connectivity index (χ0n) is 21.1. The molecular weight excluding hydrogens is 503 g/mol. The number of fused-ring (bicyclic) bond motifs is 2. The summed E-state index contributed by atoms with van der Waals surface area (Å²) >= 11 is 6.40. The monoisotopic (exact) mass is 532 g/mol. The number of aromatic hydroxyl groups is 1. The smallest absolute Gasteiger partial charge is 0.137 e. The number of phenols is 1. The number of ether oxygens (including phenoxy) is 2.